The number of fused-ring (bicyclic) bond motifs is 1. The van der Waals surface area contributed by atoms with E-state index in [0.717, 1.165) is 28.2 Å². The molecule has 1 aromatic heterocycles. The Labute approximate surface area is 443 Å². The van der Waals surface area contributed by atoms with Crippen LogP contribution in [0.1, 0.15) is 63.1 Å². The van der Waals surface area contributed by atoms with Crippen molar-refractivity contribution in [1.29, 1.82) is 0 Å². The van der Waals surface area contributed by atoms with Crippen LogP contribution in [-0.2, 0) is 66.0 Å². The van der Waals surface area contributed by atoms with Crippen molar-refractivity contribution in [2.45, 2.75) is 97.2 Å². The molecule has 0 unspecified atom stereocenters. The van der Waals surface area contributed by atoms with Gasteiger partial charge in [0.1, 0.15) is 29.4 Å². The Hall–Kier alpha value is -6.75. The van der Waals surface area contributed by atoms with E-state index >= 15 is 4.79 Å². The van der Waals surface area contributed by atoms with Crippen LogP contribution in [-0.4, -0.2) is 130 Å². The molecule has 2 aliphatic heterocycles. The summed E-state index contributed by atoms with van der Waals surface area (Å²) in [5, 5.41) is 6.72. The lowest BCUT2D eigenvalue weighted by Gasteiger charge is -2.35. The standard InChI is InChI=1S/C56H66Cl2N8O8/c1-35(2)54(70)64-23-24-65-48(31-59-50(65)33-64)40-16-21-46(22-17-40)74-49-28-44(58)20-15-41(49)32-66-37(4)53(69)61-47(34-73-7)56(72)63(6)45(26-39-13-18-43(57)19-14-39)29-51(67)60-30-36(3)62(5)55(71)42(27-52(66)68)25-38-11-9-8-10-12-38/h8-22,28,31,35-37,42,45,47H,23-27,29-30,32-34H2,1-7H3,(H,60,67)(H,61,69)/t36-,37-,42+,45-,47-/m0/s1. The first-order chi connectivity index (χ1) is 35.4. The van der Waals surface area contributed by atoms with E-state index in [1.165, 1.54) is 16.9 Å². The lowest BCUT2D eigenvalue weighted by molar-refractivity contribution is -0.147. The summed E-state index contributed by atoms with van der Waals surface area (Å²) in [6.45, 7) is 8.57. The summed E-state index contributed by atoms with van der Waals surface area (Å²) in [4.78, 5) is 96.1. The van der Waals surface area contributed by atoms with Gasteiger partial charge in [0.15, 0.2) is 0 Å². The maximum absolute atomic E-state index is 15.1. The highest BCUT2D eigenvalue weighted by Gasteiger charge is 2.37. The molecule has 7 rings (SSSR count). The molecule has 16 nitrogen and oxygen atoms in total. The van der Waals surface area contributed by atoms with E-state index in [2.05, 4.69) is 20.2 Å². The molecule has 4 aromatic carbocycles. The van der Waals surface area contributed by atoms with Crippen molar-refractivity contribution < 1.29 is 38.2 Å². The van der Waals surface area contributed by atoms with Gasteiger partial charge in [0.2, 0.25) is 35.4 Å². The number of nitrogens with zero attached hydrogens (tertiary/aromatic N) is 6. The molecule has 0 radical (unpaired) electrons. The van der Waals surface area contributed by atoms with Gasteiger partial charge in [-0.25, -0.2) is 4.98 Å². The molecule has 392 valence electrons. The summed E-state index contributed by atoms with van der Waals surface area (Å²) in [6.07, 6.45) is 1.96. The minimum absolute atomic E-state index is 0.0813. The zero-order valence-electron chi connectivity index (χ0n) is 43.1. The highest BCUT2D eigenvalue weighted by molar-refractivity contribution is 6.31. The number of nitrogens with one attached hydrogen (secondary N) is 2. The summed E-state index contributed by atoms with van der Waals surface area (Å²) in [6, 6.07) is 25.5. The smallest absolute Gasteiger partial charge is 0.247 e. The Morgan fingerprint density at radius 3 is 2.19 bits per heavy atom. The molecule has 1 saturated heterocycles. The highest BCUT2D eigenvalue weighted by Crippen LogP contribution is 2.33. The van der Waals surface area contributed by atoms with Gasteiger partial charge in [-0.05, 0) is 86.3 Å². The third kappa shape index (κ3) is 13.7. The van der Waals surface area contributed by atoms with E-state index < -0.39 is 47.8 Å². The van der Waals surface area contributed by atoms with Gasteiger partial charge in [-0.2, -0.15) is 0 Å². The average molecular weight is 1050 g/mol. The second kappa shape index (κ2) is 25.0. The largest absolute Gasteiger partial charge is 0.457 e. The summed E-state index contributed by atoms with van der Waals surface area (Å²) in [7, 11) is 4.64. The Morgan fingerprint density at radius 1 is 0.811 bits per heavy atom. The molecule has 0 saturated carbocycles. The number of amides is 6. The quantitative estimate of drug-likeness (QED) is 0.131. The van der Waals surface area contributed by atoms with E-state index in [9.17, 15) is 24.0 Å². The number of methoxy groups -OCH3 is 1. The number of aromatic nitrogens is 2. The van der Waals surface area contributed by atoms with Gasteiger partial charge in [0, 0.05) is 92.9 Å². The lowest BCUT2D eigenvalue weighted by atomic mass is 9.93. The van der Waals surface area contributed by atoms with Crippen molar-refractivity contribution in [3.63, 3.8) is 0 Å². The fourth-order valence-corrected chi connectivity index (χ4v) is 9.63. The monoisotopic (exact) mass is 1050 g/mol. The molecule has 2 aliphatic rings. The van der Waals surface area contributed by atoms with Crippen molar-refractivity contribution >= 4 is 58.6 Å². The molecule has 74 heavy (non-hydrogen) atoms. The number of hydrogen-bond acceptors (Lipinski definition) is 9. The number of hydrogen-bond donors (Lipinski definition) is 2. The van der Waals surface area contributed by atoms with E-state index in [-0.39, 0.29) is 69.0 Å². The number of halogens is 2. The van der Waals surface area contributed by atoms with Gasteiger partial charge >= 0.3 is 0 Å². The summed E-state index contributed by atoms with van der Waals surface area (Å²) >= 11 is 12.8. The van der Waals surface area contributed by atoms with Gasteiger partial charge in [-0.3, -0.25) is 28.8 Å². The van der Waals surface area contributed by atoms with E-state index in [0.29, 0.717) is 46.7 Å². The molecule has 5 atom stereocenters. The van der Waals surface area contributed by atoms with Crippen molar-refractivity contribution in [1.82, 2.24) is 39.8 Å². The third-order valence-electron chi connectivity index (χ3n) is 13.9. The third-order valence-corrected chi connectivity index (χ3v) is 14.4. The fraction of sp³-hybridized carbons (Fsp3) is 0.411. The molecule has 0 spiro atoms. The first-order valence-corrected chi connectivity index (χ1v) is 25.7. The zero-order valence-corrected chi connectivity index (χ0v) is 44.6. The van der Waals surface area contributed by atoms with Crippen LogP contribution in [0, 0.1) is 11.8 Å². The van der Waals surface area contributed by atoms with E-state index in [1.54, 1.807) is 56.3 Å². The second-order valence-electron chi connectivity index (χ2n) is 19.5. The maximum atomic E-state index is 15.1. The summed E-state index contributed by atoms with van der Waals surface area (Å²) in [5.41, 5.74) is 3.99. The summed E-state index contributed by atoms with van der Waals surface area (Å²) in [5.74, 6) is -1.57. The topological polar surface area (TPSA) is 176 Å². The number of likely N-dealkylation sites (N-methyl/N-ethyl adjacent to an activating group) is 2. The highest BCUT2D eigenvalue weighted by atomic mass is 35.5. The Kier molecular flexibility index (Phi) is 18.6. The molecule has 1 fully saturated rings. The van der Waals surface area contributed by atoms with E-state index in [4.69, 9.17) is 32.7 Å². The number of rotatable bonds is 12. The van der Waals surface area contributed by atoms with Crippen LogP contribution in [0.3, 0.4) is 0 Å². The molecule has 0 aliphatic carbocycles. The number of carbonyl (C=O) groups is 6. The van der Waals surface area contributed by atoms with Gasteiger partial charge < -0.3 is 44.3 Å². The molecule has 2 N–H and O–H groups in total. The number of imidazole rings is 1. The number of carbonyl (C=O) groups excluding carboxylic acids is 6. The van der Waals surface area contributed by atoms with Crippen molar-refractivity contribution in [3.8, 4) is 22.8 Å². The van der Waals surface area contributed by atoms with Crippen molar-refractivity contribution in [2.24, 2.45) is 11.8 Å². The molecule has 6 amide bonds. The molecule has 18 heteroatoms. The van der Waals surface area contributed by atoms with Gasteiger partial charge in [-0.1, -0.05) is 85.6 Å². The minimum atomic E-state index is -1.21. The summed E-state index contributed by atoms with van der Waals surface area (Å²) < 4.78 is 14.1. The Balaban J connectivity index is 1.20. The molecule has 3 heterocycles. The average Bonchev–Trinajstić information content (AvgIpc) is 3.82. The molecular formula is C56H66Cl2N8O8. The number of ether oxygens (including phenoxy) is 2. The van der Waals surface area contributed by atoms with Gasteiger partial charge in [0.25, 0.3) is 0 Å². The lowest BCUT2D eigenvalue weighted by Crippen LogP contribution is -2.57. The van der Waals surface area contributed by atoms with Gasteiger partial charge in [-0.15, -0.1) is 0 Å². The fourth-order valence-electron chi connectivity index (χ4n) is 9.35. The predicted octanol–water partition coefficient (Wildman–Crippen LogP) is 7.18. The van der Waals surface area contributed by atoms with Gasteiger partial charge in [0.05, 0.1) is 37.5 Å². The Morgan fingerprint density at radius 2 is 1.50 bits per heavy atom. The number of benzene rings is 4. The van der Waals surface area contributed by atoms with Crippen LogP contribution in [0.15, 0.2) is 103 Å². The van der Waals surface area contributed by atoms with Crippen LogP contribution in [0.5, 0.6) is 11.5 Å². The zero-order chi connectivity index (χ0) is 53.2. The van der Waals surface area contributed by atoms with Crippen LogP contribution < -0.4 is 15.4 Å². The second-order valence-corrected chi connectivity index (χ2v) is 20.4. The van der Waals surface area contributed by atoms with E-state index in [1.807, 2.05) is 98.6 Å². The minimum Gasteiger partial charge on any atom is -0.457 e. The Bertz CT molecular complexity index is 2790. The van der Waals surface area contributed by atoms with Crippen LogP contribution in [0.4, 0.5) is 0 Å². The molecule has 0 bridgehead atoms. The van der Waals surface area contributed by atoms with Crippen LogP contribution >= 0.6 is 23.2 Å². The van der Waals surface area contributed by atoms with Crippen molar-refractivity contribution in [2.75, 3.05) is 40.9 Å². The predicted molar refractivity (Wildman–Crippen MR) is 283 cm³/mol. The first-order valence-electron chi connectivity index (χ1n) is 25.0. The maximum Gasteiger partial charge on any atom is 0.247 e. The van der Waals surface area contributed by atoms with Crippen molar-refractivity contribution in [3.05, 3.63) is 136 Å². The normalized spacial score (nSPS) is 20.7. The van der Waals surface area contributed by atoms with Crippen LogP contribution in [0.25, 0.3) is 11.3 Å². The molecule has 5 aromatic rings. The van der Waals surface area contributed by atoms with Crippen LogP contribution in [0.2, 0.25) is 10.0 Å². The first kappa shape index (κ1) is 55.0. The molecular weight excluding hydrogens is 984 g/mol. The SMILES string of the molecule is COC[C@@H]1NC(=O)[C@H](C)N(Cc2ccc(Cl)cc2Oc2ccc(-c3cnc4n3CCN(C(=O)C(C)C)C4)cc2)C(=O)C[C@@H](Cc2ccccc2)C(=O)N(C)[C@@H](C)CNC(=O)C[C@H](Cc2ccc(Cl)cc2)N(C)C1=O.